The number of amides is 1. The first-order valence-corrected chi connectivity index (χ1v) is 12.8. The molecule has 0 radical (unpaired) electrons. The topological polar surface area (TPSA) is 110 Å². The van der Waals surface area contributed by atoms with Crippen molar-refractivity contribution in [3.05, 3.63) is 35.5 Å². The molecule has 0 spiro atoms. The minimum Gasteiger partial charge on any atom is -0.361 e. The molecule has 0 aliphatic carbocycles. The molecule has 0 bridgehead atoms. The Bertz CT molecular complexity index is 1290. The van der Waals surface area contributed by atoms with Gasteiger partial charge in [-0.25, -0.2) is 17.7 Å². The summed E-state index contributed by atoms with van der Waals surface area (Å²) in [6.07, 6.45) is 4.11. The number of hydrogen-bond donors (Lipinski definition) is 1. The maximum absolute atomic E-state index is 12.1. The summed E-state index contributed by atoms with van der Waals surface area (Å²) < 4.78 is 33.2. The maximum Gasteiger partial charge on any atom is 0.220 e. The fourth-order valence-electron chi connectivity index (χ4n) is 5.02. The highest BCUT2D eigenvalue weighted by molar-refractivity contribution is 7.88. The van der Waals surface area contributed by atoms with Gasteiger partial charge < -0.3 is 14.4 Å². The second kappa shape index (κ2) is 7.70. The number of rotatable bonds is 4. The molecule has 2 aliphatic heterocycles. The number of carbonyl (C=O) groups excluding carboxylic acids is 1. The number of fused-ring (bicyclic) bond motifs is 1. The Morgan fingerprint density at radius 2 is 2.03 bits per heavy atom. The van der Waals surface area contributed by atoms with Gasteiger partial charge in [-0.1, -0.05) is 11.2 Å². The van der Waals surface area contributed by atoms with Crippen LogP contribution < -0.4 is 5.32 Å². The summed E-state index contributed by atoms with van der Waals surface area (Å²) in [5.41, 5.74) is 4.51. The Morgan fingerprint density at radius 3 is 2.69 bits per heavy atom. The van der Waals surface area contributed by atoms with E-state index in [1.54, 1.807) is 0 Å². The van der Waals surface area contributed by atoms with Gasteiger partial charge in [0.1, 0.15) is 11.6 Å². The van der Waals surface area contributed by atoms with Crippen molar-refractivity contribution in [1.29, 1.82) is 0 Å². The van der Waals surface area contributed by atoms with Crippen LogP contribution in [0.25, 0.3) is 22.2 Å². The fourth-order valence-corrected chi connectivity index (χ4v) is 5.90. The average Bonchev–Trinajstić information content (AvgIpc) is 3.44. The van der Waals surface area contributed by atoms with Gasteiger partial charge in [0.25, 0.3) is 0 Å². The van der Waals surface area contributed by atoms with Crippen molar-refractivity contribution in [2.75, 3.05) is 19.3 Å². The number of nitrogens with one attached hydrogen (secondary N) is 1. The molecule has 0 saturated carbocycles. The van der Waals surface area contributed by atoms with E-state index >= 15 is 0 Å². The van der Waals surface area contributed by atoms with Crippen molar-refractivity contribution in [3.63, 3.8) is 0 Å². The lowest BCUT2D eigenvalue weighted by Crippen LogP contribution is -2.35. The van der Waals surface area contributed by atoms with Crippen LogP contribution in [0.4, 0.5) is 0 Å². The van der Waals surface area contributed by atoms with Crippen molar-refractivity contribution in [3.8, 4) is 11.1 Å². The first-order chi connectivity index (χ1) is 15.2. The number of carbonyl (C=O) groups is 1. The first-order valence-electron chi connectivity index (χ1n) is 10.9. The number of imidazole rings is 1. The van der Waals surface area contributed by atoms with Crippen LogP contribution in [0.5, 0.6) is 0 Å². The molecule has 5 rings (SSSR count). The molecule has 4 heterocycles. The van der Waals surface area contributed by atoms with Crippen molar-refractivity contribution in [1.82, 2.24) is 24.3 Å². The van der Waals surface area contributed by atoms with Crippen LogP contribution in [0.3, 0.4) is 0 Å². The third-order valence-electron chi connectivity index (χ3n) is 6.54. The van der Waals surface area contributed by atoms with E-state index in [0.717, 1.165) is 52.3 Å². The van der Waals surface area contributed by atoms with Gasteiger partial charge in [-0.3, -0.25) is 4.79 Å². The highest BCUT2D eigenvalue weighted by atomic mass is 32.2. The highest BCUT2D eigenvalue weighted by Crippen LogP contribution is 2.36. The van der Waals surface area contributed by atoms with Crippen LogP contribution in [-0.2, 0) is 14.8 Å². The van der Waals surface area contributed by atoms with E-state index in [1.807, 2.05) is 32.0 Å². The lowest BCUT2D eigenvalue weighted by Gasteiger charge is -2.26. The molecule has 9 nitrogen and oxygen atoms in total. The third-order valence-corrected chi connectivity index (χ3v) is 7.81. The molecule has 3 aromatic rings. The van der Waals surface area contributed by atoms with Crippen LogP contribution >= 0.6 is 0 Å². The van der Waals surface area contributed by atoms with E-state index in [4.69, 9.17) is 9.51 Å². The van der Waals surface area contributed by atoms with E-state index in [1.165, 1.54) is 10.6 Å². The number of nitrogens with zero attached hydrogens (tertiary/aromatic N) is 4. The van der Waals surface area contributed by atoms with Crippen molar-refractivity contribution in [2.45, 2.75) is 51.6 Å². The van der Waals surface area contributed by atoms with E-state index < -0.39 is 10.0 Å². The Balaban J connectivity index is 1.63. The zero-order valence-corrected chi connectivity index (χ0v) is 19.3. The minimum absolute atomic E-state index is 0.0282. The van der Waals surface area contributed by atoms with Gasteiger partial charge in [0.15, 0.2) is 0 Å². The van der Waals surface area contributed by atoms with Crippen LogP contribution in [0.2, 0.25) is 0 Å². The Kier molecular flexibility index (Phi) is 5.09. The number of piperidine rings is 1. The standard InChI is InChI=1S/C22H27N5O4S/c1-13-21(14(2)31-25-13)15-7-8-19-18(11-15)24-22(17-5-4-6-20(28)23-17)27(19)16-9-10-26(12-16)32(3,29)30/h7-8,11,16-17H,4-6,9-10,12H2,1-3H3,(H,23,28). The number of hydrogen-bond acceptors (Lipinski definition) is 6. The van der Waals surface area contributed by atoms with E-state index in [2.05, 4.69) is 15.0 Å². The summed E-state index contributed by atoms with van der Waals surface area (Å²) in [5.74, 6) is 1.57. The molecule has 32 heavy (non-hydrogen) atoms. The molecule has 1 N–H and O–H groups in total. The quantitative estimate of drug-likeness (QED) is 0.645. The van der Waals surface area contributed by atoms with Gasteiger partial charge in [-0.05, 0) is 50.8 Å². The molecular formula is C22H27N5O4S. The first kappa shape index (κ1) is 21.1. The number of aromatic nitrogens is 3. The molecule has 2 aliphatic rings. The minimum atomic E-state index is -3.26. The van der Waals surface area contributed by atoms with E-state index in [-0.39, 0.29) is 18.0 Å². The second-order valence-corrected chi connectivity index (χ2v) is 10.8. The van der Waals surface area contributed by atoms with Crippen LogP contribution in [0.1, 0.15) is 55.0 Å². The smallest absolute Gasteiger partial charge is 0.220 e. The van der Waals surface area contributed by atoms with Gasteiger partial charge in [0.2, 0.25) is 15.9 Å². The normalized spacial score (nSPS) is 22.5. The van der Waals surface area contributed by atoms with E-state index in [0.29, 0.717) is 25.9 Å². The molecule has 2 fully saturated rings. The number of sulfonamides is 1. The van der Waals surface area contributed by atoms with Crippen LogP contribution in [0.15, 0.2) is 22.7 Å². The highest BCUT2D eigenvalue weighted by Gasteiger charge is 2.34. The predicted octanol–water partition coefficient (Wildman–Crippen LogP) is 2.86. The molecule has 2 atom stereocenters. The fraction of sp³-hybridized carbons (Fsp3) is 0.500. The number of aryl methyl sites for hydroxylation is 2. The molecule has 170 valence electrons. The summed E-state index contributed by atoms with van der Waals surface area (Å²) in [7, 11) is -3.26. The third kappa shape index (κ3) is 3.61. The van der Waals surface area contributed by atoms with Gasteiger partial charge in [0, 0.05) is 25.1 Å². The second-order valence-electron chi connectivity index (χ2n) is 8.82. The van der Waals surface area contributed by atoms with E-state index in [9.17, 15) is 13.2 Å². The summed E-state index contributed by atoms with van der Waals surface area (Å²) in [6, 6.07) is 5.86. The zero-order valence-electron chi connectivity index (χ0n) is 18.5. The number of benzene rings is 1. The lowest BCUT2D eigenvalue weighted by molar-refractivity contribution is -0.123. The summed E-state index contributed by atoms with van der Waals surface area (Å²) in [4.78, 5) is 17.1. The Morgan fingerprint density at radius 1 is 1.22 bits per heavy atom. The van der Waals surface area contributed by atoms with Gasteiger partial charge in [-0.2, -0.15) is 0 Å². The van der Waals surface area contributed by atoms with Gasteiger partial charge in [-0.15, -0.1) is 0 Å². The van der Waals surface area contributed by atoms with Gasteiger partial charge >= 0.3 is 0 Å². The SMILES string of the molecule is Cc1noc(C)c1-c1ccc2c(c1)nc(C1CCCC(=O)N1)n2C1CCN(S(C)(=O)=O)C1. The molecule has 2 unspecified atom stereocenters. The molecule has 2 saturated heterocycles. The monoisotopic (exact) mass is 457 g/mol. The maximum atomic E-state index is 12.1. The largest absolute Gasteiger partial charge is 0.361 e. The summed E-state index contributed by atoms with van der Waals surface area (Å²) in [6.45, 7) is 4.69. The average molecular weight is 458 g/mol. The lowest BCUT2D eigenvalue weighted by atomic mass is 10.0. The zero-order chi connectivity index (χ0) is 22.6. The molecule has 1 aromatic carbocycles. The Hall–Kier alpha value is -2.72. The summed E-state index contributed by atoms with van der Waals surface area (Å²) in [5, 5.41) is 7.14. The molecule has 1 amide bonds. The summed E-state index contributed by atoms with van der Waals surface area (Å²) >= 11 is 0. The van der Waals surface area contributed by atoms with Crippen LogP contribution in [0, 0.1) is 13.8 Å². The molecule has 2 aromatic heterocycles. The molecular weight excluding hydrogens is 430 g/mol. The predicted molar refractivity (Wildman–Crippen MR) is 120 cm³/mol. The van der Waals surface area contributed by atoms with Crippen LogP contribution in [-0.4, -0.2) is 52.7 Å². The Labute approximate surface area is 186 Å². The van der Waals surface area contributed by atoms with Crippen molar-refractivity contribution < 1.29 is 17.7 Å². The van der Waals surface area contributed by atoms with Gasteiger partial charge in [0.05, 0.1) is 35.1 Å². The van der Waals surface area contributed by atoms with Crippen molar-refractivity contribution >= 4 is 27.0 Å². The van der Waals surface area contributed by atoms with Crippen molar-refractivity contribution in [2.24, 2.45) is 0 Å². The molecule has 10 heteroatoms.